The molecule has 1 N–H and O–H groups in total. The van der Waals surface area contributed by atoms with Crippen LogP contribution in [-0.2, 0) is 15.3 Å². The third kappa shape index (κ3) is 3.95. The Morgan fingerprint density at radius 2 is 1.96 bits per heavy atom. The Bertz CT molecular complexity index is 907. The lowest BCUT2D eigenvalue weighted by Crippen LogP contribution is -2.27. The van der Waals surface area contributed by atoms with Gasteiger partial charge in [-0.2, -0.15) is 0 Å². The Hall–Kier alpha value is -2.09. The fourth-order valence-corrected chi connectivity index (χ4v) is 4.08. The number of aromatic amines is 1. The Morgan fingerprint density at radius 3 is 2.70 bits per heavy atom. The molecule has 0 aliphatic carbocycles. The molecule has 1 aliphatic heterocycles. The second-order valence-corrected chi connectivity index (χ2v) is 7.42. The van der Waals surface area contributed by atoms with Gasteiger partial charge < -0.3 is 19.2 Å². The molecular formula is C20H21FN2O3S. The standard InChI is InChI=1S/C20H21FN2O3S/c1-24-16-7-8-17-18(13-16)23-19(22-17)27-12-2-9-20(25-10-11-26-20)14-3-5-15(21)6-4-14/h3-8,13H,2,9-12H2,1H3,(H,22,23). The summed E-state index contributed by atoms with van der Waals surface area (Å²) in [5.74, 6) is 0.644. The quantitative estimate of drug-likeness (QED) is 0.478. The van der Waals surface area contributed by atoms with Crippen LogP contribution in [0.25, 0.3) is 11.0 Å². The van der Waals surface area contributed by atoms with Crippen LogP contribution < -0.4 is 4.74 Å². The lowest BCUT2D eigenvalue weighted by molar-refractivity contribution is -0.170. The van der Waals surface area contributed by atoms with Crippen molar-refractivity contribution in [2.24, 2.45) is 0 Å². The molecule has 0 bridgehead atoms. The molecular weight excluding hydrogens is 367 g/mol. The zero-order valence-corrected chi connectivity index (χ0v) is 15.9. The third-order valence-corrected chi connectivity index (χ3v) is 5.55. The predicted molar refractivity (Wildman–Crippen MR) is 103 cm³/mol. The Balaban J connectivity index is 1.37. The number of ether oxygens (including phenoxy) is 3. The first-order valence-electron chi connectivity index (χ1n) is 8.89. The van der Waals surface area contributed by atoms with Gasteiger partial charge in [0.1, 0.15) is 11.6 Å². The lowest BCUT2D eigenvalue weighted by Gasteiger charge is -2.27. The minimum atomic E-state index is -0.768. The van der Waals surface area contributed by atoms with Gasteiger partial charge in [-0.3, -0.25) is 0 Å². The van der Waals surface area contributed by atoms with Gasteiger partial charge in [-0.1, -0.05) is 23.9 Å². The van der Waals surface area contributed by atoms with E-state index in [-0.39, 0.29) is 5.82 Å². The second-order valence-electron chi connectivity index (χ2n) is 6.33. The van der Waals surface area contributed by atoms with E-state index in [0.717, 1.165) is 39.7 Å². The number of rotatable bonds is 7. The molecule has 5 nitrogen and oxygen atoms in total. The maximum absolute atomic E-state index is 13.2. The summed E-state index contributed by atoms with van der Waals surface area (Å²) in [5, 5.41) is 0.877. The van der Waals surface area contributed by atoms with Gasteiger partial charge in [0.05, 0.1) is 31.4 Å². The fourth-order valence-electron chi connectivity index (χ4n) is 3.25. The minimum Gasteiger partial charge on any atom is -0.497 e. The first-order chi connectivity index (χ1) is 13.2. The number of halogens is 1. The molecule has 0 radical (unpaired) electrons. The molecule has 1 saturated heterocycles. The molecule has 0 spiro atoms. The van der Waals surface area contributed by atoms with Crippen molar-refractivity contribution in [3.05, 3.63) is 53.8 Å². The summed E-state index contributed by atoms with van der Waals surface area (Å²) in [4.78, 5) is 7.90. The van der Waals surface area contributed by atoms with E-state index in [1.807, 2.05) is 18.2 Å². The summed E-state index contributed by atoms with van der Waals surface area (Å²) in [6.45, 7) is 1.10. The van der Waals surface area contributed by atoms with Crippen LogP contribution in [0.2, 0.25) is 0 Å². The van der Waals surface area contributed by atoms with Gasteiger partial charge in [-0.05, 0) is 30.7 Å². The van der Waals surface area contributed by atoms with Crippen molar-refractivity contribution in [1.82, 2.24) is 9.97 Å². The van der Waals surface area contributed by atoms with Crippen molar-refractivity contribution >= 4 is 22.8 Å². The molecule has 1 fully saturated rings. The third-order valence-electron chi connectivity index (χ3n) is 4.59. The Morgan fingerprint density at radius 1 is 1.19 bits per heavy atom. The number of benzene rings is 2. The van der Waals surface area contributed by atoms with E-state index >= 15 is 0 Å². The van der Waals surface area contributed by atoms with Gasteiger partial charge in [-0.15, -0.1) is 0 Å². The van der Waals surface area contributed by atoms with E-state index in [9.17, 15) is 4.39 Å². The molecule has 0 amide bonds. The minimum absolute atomic E-state index is 0.260. The monoisotopic (exact) mass is 388 g/mol. The number of nitrogens with one attached hydrogen (secondary N) is 1. The van der Waals surface area contributed by atoms with Gasteiger partial charge >= 0.3 is 0 Å². The molecule has 0 saturated carbocycles. The number of H-pyrrole nitrogens is 1. The largest absolute Gasteiger partial charge is 0.497 e. The van der Waals surface area contributed by atoms with Crippen molar-refractivity contribution in [2.75, 3.05) is 26.1 Å². The highest BCUT2D eigenvalue weighted by Crippen LogP contribution is 2.36. The first-order valence-corrected chi connectivity index (χ1v) is 9.88. The number of thioether (sulfide) groups is 1. The van der Waals surface area contributed by atoms with Gasteiger partial charge in [0.25, 0.3) is 0 Å². The number of hydrogen-bond acceptors (Lipinski definition) is 5. The summed E-state index contributed by atoms with van der Waals surface area (Å²) in [6, 6.07) is 12.1. The molecule has 142 valence electrons. The summed E-state index contributed by atoms with van der Waals surface area (Å²) in [6.07, 6.45) is 1.59. The molecule has 27 heavy (non-hydrogen) atoms. The molecule has 3 aromatic rings. The molecule has 7 heteroatoms. The number of fused-ring (bicyclic) bond motifs is 1. The summed E-state index contributed by atoms with van der Waals surface area (Å²) >= 11 is 1.66. The normalized spacial score (nSPS) is 16.1. The fraction of sp³-hybridized carbons (Fsp3) is 0.350. The van der Waals surface area contributed by atoms with Crippen LogP contribution >= 0.6 is 11.8 Å². The van der Waals surface area contributed by atoms with Crippen LogP contribution in [0.5, 0.6) is 5.75 Å². The summed E-state index contributed by atoms with van der Waals surface area (Å²) in [7, 11) is 1.65. The van der Waals surface area contributed by atoms with Gasteiger partial charge in [0.2, 0.25) is 0 Å². The average Bonchev–Trinajstić information content (AvgIpc) is 3.32. The zero-order chi connectivity index (χ0) is 18.7. The van der Waals surface area contributed by atoms with Gasteiger partial charge in [0, 0.05) is 23.8 Å². The highest BCUT2D eigenvalue weighted by atomic mass is 32.2. The lowest BCUT2D eigenvalue weighted by atomic mass is 10.0. The van der Waals surface area contributed by atoms with Crippen LogP contribution in [0.15, 0.2) is 47.6 Å². The molecule has 1 aliphatic rings. The molecule has 1 aromatic heterocycles. The smallest absolute Gasteiger partial charge is 0.195 e. The molecule has 0 unspecified atom stereocenters. The zero-order valence-electron chi connectivity index (χ0n) is 15.0. The Kier molecular flexibility index (Phi) is 5.33. The van der Waals surface area contributed by atoms with E-state index in [4.69, 9.17) is 14.2 Å². The molecule has 2 aromatic carbocycles. The van der Waals surface area contributed by atoms with E-state index in [0.29, 0.717) is 19.6 Å². The van der Waals surface area contributed by atoms with Crippen LogP contribution in [0.1, 0.15) is 18.4 Å². The van der Waals surface area contributed by atoms with Crippen molar-refractivity contribution in [3.8, 4) is 5.75 Å². The van der Waals surface area contributed by atoms with Gasteiger partial charge in [0.15, 0.2) is 10.9 Å². The number of imidazole rings is 1. The molecule has 0 atom stereocenters. The van der Waals surface area contributed by atoms with Crippen LogP contribution in [0, 0.1) is 5.82 Å². The first kappa shape index (κ1) is 18.3. The van der Waals surface area contributed by atoms with Gasteiger partial charge in [-0.25, -0.2) is 9.37 Å². The number of aromatic nitrogens is 2. The van der Waals surface area contributed by atoms with Crippen molar-refractivity contribution in [1.29, 1.82) is 0 Å². The van der Waals surface area contributed by atoms with Crippen LogP contribution in [-0.4, -0.2) is 36.0 Å². The van der Waals surface area contributed by atoms with Crippen molar-refractivity contribution in [3.63, 3.8) is 0 Å². The van der Waals surface area contributed by atoms with Crippen molar-refractivity contribution < 1.29 is 18.6 Å². The predicted octanol–water partition coefficient (Wildman–Crippen LogP) is 4.48. The number of nitrogens with zero attached hydrogens (tertiary/aromatic N) is 1. The maximum atomic E-state index is 13.2. The van der Waals surface area contributed by atoms with Crippen molar-refractivity contribution in [2.45, 2.75) is 23.8 Å². The average molecular weight is 388 g/mol. The second kappa shape index (κ2) is 7.88. The Labute approximate surface area is 161 Å². The summed E-state index contributed by atoms with van der Waals surface area (Å²) in [5.41, 5.74) is 2.74. The van der Waals surface area contributed by atoms with E-state index in [2.05, 4.69) is 9.97 Å². The van der Waals surface area contributed by atoms with E-state index < -0.39 is 5.79 Å². The number of hydrogen-bond donors (Lipinski definition) is 1. The highest BCUT2D eigenvalue weighted by Gasteiger charge is 2.37. The summed E-state index contributed by atoms with van der Waals surface area (Å²) < 4.78 is 30.3. The SMILES string of the molecule is COc1ccc2nc(SCCCC3(c4ccc(F)cc4)OCCO3)[nH]c2c1. The van der Waals surface area contributed by atoms with E-state index in [1.54, 1.807) is 31.0 Å². The highest BCUT2D eigenvalue weighted by molar-refractivity contribution is 7.99. The molecule has 4 rings (SSSR count). The number of methoxy groups -OCH3 is 1. The molecule has 2 heterocycles. The van der Waals surface area contributed by atoms with E-state index in [1.165, 1.54) is 12.1 Å². The van der Waals surface area contributed by atoms with Crippen LogP contribution in [0.4, 0.5) is 4.39 Å². The maximum Gasteiger partial charge on any atom is 0.195 e. The topological polar surface area (TPSA) is 56.4 Å². The van der Waals surface area contributed by atoms with Crippen LogP contribution in [0.3, 0.4) is 0 Å².